The number of fused-ring (bicyclic) bond motifs is 1. The summed E-state index contributed by atoms with van der Waals surface area (Å²) in [5.41, 5.74) is 2.12. The van der Waals surface area contributed by atoms with Crippen LogP contribution in [0.25, 0.3) is 16.1 Å². The van der Waals surface area contributed by atoms with Gasteiger partial charge in [0.05, 0.1) is 6.54 Å². The normalized spacial score (nSPS) is 18.5. The largest absolute Gasteiger partial charge is 0.296 e. The van der Waals surface area contributed by atoms with Gasteiger partial charge in [0.25, 0.3) is 0 Å². The number of thiazole rings is 1. The average Bonchev–Trinajstić information content (AvgIpc) is 3.42. The Morgan fingerprint density at radius 3 is 3.00 bits per heavy atom. The summed E-state index contributed by atoms with van der Waals surface area (Å²) in [6, 6.07) is 8.42. The van der Waals surface area contributed by atoms with Gasteiger partial charge >= 0.3 is 0 Å². The van der Waals surface area contributed by atoms with E-state index >= 15 is 0 Å². The molecule has 1 saturated heterocycles. The molecule has 0 aromatic carbocycles. The third kappa shape index (κ3) is 3.18. The molecule has 0 amide bonds. The van der Waals surface area contributed by atoms with Gasteiger partial charge in [-0.05, 0) is 43.0 Å². The van der Waals surface area contributed by atoms with Crippen molar-refractivity contribution in [3.63, 3.8) is 0 Å². The van der Waals surface area contributed by atoms with Gasteiger partial charge in [0, 0.05) is 40.7 Å². The first-order valence-electron chi connectivity index (χ1n) is 8.86. The second-order valence-electron chi connectivity index (χ2n) is 6.67. The highest BCUT2D eigenvalue weighted by molar-refractivity contribution is 7.13. The van der Waals surface area contributed by atoms with Crippen molar-refractivity contribution in [1.82, 2.24) is 24.5 Å². The molecule has 132 valence electrons. The first-order valence-corrected chi connectivity index (χ1v) is 10.6. The van der Waals surface area contributed by atoms with E-state index in [-0.39, 0.29) is 0 Å². The SMILES string of the molecule is c1csc(-c2ccc3nc(C4CCCN(Cc5nccs5)C4)nn3c2)c1. The first kappa shape index (κ1) is 16.1. The highest BCUT2D eigenvalue weighted by atomic mass is 32.1. The lowest BCUT2D eigenvalue weighted by molar-refractivity contribution is 0.196. The van der Waals surface area contributed by atoms with Crippen molar-refractivity contribution >= 4 is 28.3 Å². The number of aromatic nitrogens is 4. The van der Waals surface area contributed by atoms with Gasteiger partial charge in [-0.1, -0.05) is 6.07 Å². The topological polar surface area (TPSA) is 46.3 Å². The minimum atomic E-state index is 0.397. The monoisotopic (exact) mass is 381 g/mol. The number of thiophene rings is 1. The third-order valence-corrected chi connectivity index (χ3v) is 6.55. The number of hydrogen-bond donors (Lipinski definition) is 0. The predicted molar refractivity (Wildman–Crippen MR) is 106 cm³/mol. The minimum absolute atomic E-state index is 0.397. The highest BCUT2D eigenvalue weighted by Gasteiger charge is 2.25. The molecule has 1 atom stereocenters. The van der Waals surface area contributed by atoms with Gasteiger partial charge in [-0.15, -0.1) is 22.7 Å². The molecule has 0 bridgehead atoms. The summed E-state index contributed by atoms with van der Waals surface area (Å²) in [7, 11) is 0. The summed E-state index contributed by atoms with van der Waals surface area (Å²) in [5, 5.41) is 10.1. The van der Waals surface area contributed by atoms with Gasteiger partial charge in [-0.2, -0.15) is 5.10 Å². The van der Waals surface area contributed by atoms with E-state index in [1.807, 2.05) is 16.1 Å². The van der Waals surface area contributed by atoms with E-state index in [4.69, 9.17) is 10.1 Å². The standard InChI is InChI=1S/C19H19N5S2/c1-3-15(11-23(8-1)13-18-20-7-10-26-18)19-21-17-6-5-14(12-24(17)22-19)16-4-2-9-25-16/h2,4-7,9-10,12,15H,1,3,8,11,13H2. The Morgan fingerprint density at radius 1 is 1.15 bits per heavy atom. The second kappa shape index (κ2) is 6.90. The molecule has 1 fully saturated rings. The van der Waals surface area contributed by atoms with Gasteiger partial charge in [0.2, 0.25) is 0 Å². The molecule has 0 radical (unpaired) electrons. The summed E-state index contributed by atoms with van der Waals surface area (Å²) < 4.78 is 1.93. The molecule has 1 aliphatic rings. The summed E-state index contributed by atoms with van der Waals surface area (Å²) >= 11 is 3.48. The van der Waals surface area contributed by atoms with Crippen LogP contribution in [0.1, 0.15) is 29.6 Å². The number of piperidine rings is 1. The summed E-state index contributed by atoms with van der Waals surface area (Å²) in [6.07, 6.45) is 6.32. The summed E-state index contributed by atoms with van der Waals surface area (Å²) in [5.74, 6) is 1.37. The van der Waals surface area contributed by atoms with Crippen LogP contribution in [0.5, 0.6) is 0 Å². The zero-order valence-electron chi connectivity index (χ0n) is 14.3. The first-order chi connectivity index (χ1) is 12.8. The maximum Gasteiger partial charge on any atom is 0.156 e. The van der Waals surface area contributed by atoms with Crippen molar-refractivity contribution in [3.05, 3.63) is 58.3 Å². The van der Waals surface area contributed by atoms with Crippen LogP contribution in [-0.4, -0.2) is 37.6 Å². The highest BCUT2D eigenvalue weighted by Crippen LogP contribution is 2.28. The van der Waals surface area contributed by atoms with Gasteiger partial charge in [-0.25, -0.2) is 14.5 Å². The molecule has 5 rings (SSSR count). The third-order valence-electron chi connectivity index (χ3n) is 4.87. The Bertz CT molecular complexity index is 990. The number of pyridine rings is 1. The van der Waals surface area contributed by atoms with E-state index in [1.165, 1.54) is 21.9 Å². The van der Waals surface area contributed by atoms with Crippen LogP contribution in [0, 0.1) is 0 Å². The fourth-order valence-electron chi connectivity index (χ4n) is 3.59. The van der Waals surface area contributed by atoms with Crippen molar-refractivity contribution in [2.75, 3.05) is 13.1 Å². The zero-order valence-corrected chi connectivity index (χ0v) is 15.9. The summed E-state index contributed by atoms with van der Waals surface area (Å²) in [6.45, 7) is 3.07. The second-order valence-corrected chi connectivity index (χ2v) is 8.59. The van der Waals surface area contributed by atoms with E-state index in [9.17, 15) is 0 Å². The number of likely N-dealkylation sites (tertiary alicyclic amines) is 1. The molecule has 4 aromatic rings. The van der Waals surface area contributed by atoms with Crippen LogP contribution >= 0.6 is 22.7 Å². The molecule has 5 nitrogen and oxygen atoms in total. The van der Waals surface area contributed by atoms with Gasteiger partial charge in [0.15, 0.2) is 11.5 Å². The Labute approximate surface area is 160 Å². The van der Waals surface area contributed by atoms with Crippen LogP contribution in [0.4, 0.5) is 0 Å². The molecule has 26 heavy (non-hydrogen) atoms. The van der Waals surface area contributed by atoms with Crippen molar-refractivity contribution in [2.45, 2.75) is 25.3 Å². The van der Waals surface area contributed by atoms with Crippen LogP contribution in [-0.2, 0) is 6.54 Å². The van der Waals surface area contributed by atoms with E-state index in [0.29, 0.717) is 5.92 Å². The van der Waals surface area contributed by atoms with Crippen molar-refractivity contribution in [1.29, 1.82) is 0 Å². The Balaban J connectivity index is 1.38. The van der Waals surface area contributed by atoms with E-state index in [0.717, 1.165) is 37.5 Å². The predicted octanol–water partition coefficient (Wildman–Crippen LogP) is 4.29. The molecule has 0 spiro atoms. The summed E-state index contributed by atoms with van der Waals surface area (Å²) in [4.78, 5) is 13.0. The van der Waals surface area contributed by atoms with Crippen LogP contribution in [0.15, 0.2) is 47.4 Å². The Kier molecular flexibility index (Phi) is 4.28. The Morgan fingerprint density at radius 2 is 2.15 bits per heavy atom. The van der Waals surface area contributed by atoms with E-state index in [2.05, 4.69) is 45.7 Å². The van der Waals surface area contributed by atoms with Crippen molar-refractivity contribution in [2.24, 2.45) is 0 Å². The van der Waals surface area contributed by atoms with Gasteiger partial charge in [-0.3, -0.25) is 4.90 Å². The van der Waals surface area contributed by atoms with Crippen molar-refractivity contribution in [3.8, 4) is 10.4 Å². The lowest BCUT2D eigenvalue weighted by Gasteiger charge is -2.30. The molecule has 0 N–H and O–H groups in total. The van der Waals surface area contributed by atoms with Crippen LogP contribution in [0.2, 0.25) is 0 Å². The molecule has 1 unspecified atom stereocenters. The molecule has 5 heterocycles. The maximum atomic E-state index is 4.81. The number of rotatable bonds is 4. The van der Waals surface area contributed by atoms with Gasteiger partial charge < -0.3 is 0 Å². The molecule has 4 aromatic heterocycles. The van der Waals surface area contributed by atoms with E-state index < -0.39 is 0 Å². The number of hydrogen-bond acceptors (Lipinski definition) is 6. The Hall–Kier alpha value is -2.09. The zero-order chi connectivity index (χ0) is 17.3. The van der Waals surface area contributed by atoms with Crippen LogP contribution < -0.4 is 0 Å². The lowest BCUT2D eigenvalue weighted by Crippen LogP contribution is -2.34. The average molecular weight is 382 g/mol. The quantitative estimate of drug-likeness (QED) is 0.529. The fourth-order valence-corrected chi connectivity index (χ4v) is 4.97. The van der Waals surface area contributed by atoms with Gasteiger partial charge in [0.1, 0.15) is 5.01 Å². The molecule has 1 aliphatic heterocycles. The smallest absolute Gasteiger partial charge is 0.156 e. The molecule has 0 saturated carbocycles. The molecular weight excluding hydrogens is 362 g/mol. The number of nitrogens with zero attached hydrogens (tertiary/aromatic N) is 5. The lowest BCUT2D eigenvalue weighted by atomic mass is 9.97. The molecular formula is C19H19N5S2. The minimum Gasteiger partial charge on any atom is -0.296 e. The molecule has 7 heteroatoms. The molecule has 0 aliphatic carbocycles. The van der Waals surface area contributed by atoms with E-state index in [1.54, 1.807) is 22.7 Å². The van der Waals surface area contributed by atoms with Crippen molar-refractivity contribution < 1.29 is 0 Å². The maximum absolute atomic E-state index is 4.81. The fraction of sp³-hybridized carbons (Fsp3) is 0.316. The van der Waals surface area contributed by atoms with Crippen LogP contribution in [0.3, 0.4) is 0 Å².